The zero-order chi connectivity index (χ0) is 12.3. The van der Waals surface area contributed by atoms with Crippen LogP contribution in [0.15, 0.2) is 22.9 Å². The number of thiophene rings is 1. The predicted octanol–water partition coefficient (Wildman–Crippen LogP) is 2.43. The van der Waals surface area contributed by atoms with Gasteiger partial charge < -0.3 is 5.11 Å². The zero-order valence-electron chi connectivity index (χ0n) is 9.21. The Balaban J connectivity index is 2.05. The molecular formula is C11H12N2O2S2. The Bertz CT molecular complexity index is 493. The van der Waals surface area contributed by atoms with Crippen molar-refractivity contribution in [2.45, 2.75) is 19.5 Å². The summed E-state index contributed by atoms with van der Waals surface area (Å²) in [5, 5.41) is 16.8. The van der Waals surface area contributed by atoms with E-state index in [2.05, 4.69) is 10.3 Å². The number of carboxylic acid groups (broad SMARTS) is 1. The van der Waals surface area contributed by atoms with Crippen molar-refractivity contribution in [1.82, 2.24) is 10.3 Å². The molecule has 0 saturated heterocycles. The standard InChI is InChI=1S/C11H12N2O2S2/c1-7-13-9(6-17-7)10(11(14)15)12-5-8-3-2-4-16-8/h2-4,6,10,12H,5H2,1H3,(H,14,15). The normalized spacial score (nSPS) is 12.5. The molecule has 0 amide bonds. The van der Waals surface area contributed by atoms with E-state index in [1.807, 2.05) is 24.4 Å². The van der Waals surface area contributed by atoms with Crippen molar-refractivity contribution in [1.29, 1.82) is 0 Å². The van der Waals surface area contributed by atoms with Gasteiger partial charge in [0, 0.05) is 16.8 Å². The van der Waals surface area contributed by atoms with E-state index in [9.17, 15) is 9.90 Å². The molecule has 17 heavy (non-hydrogen) atoms. The average molecular weight is 268 g/mol. The van der Waals surface area contributed by atoms with Gasteiger partial charge >= 0.3 is 5.97 Å². The first-order chi connectivity index (χ1) is 8.16. The van der Waals surface area contributed by atoms with Crippen molar-refractivity contribution in [2.75, 3.05) is 0 Å². The van der Waals surface area contributed by atoms with Gasteiger partial charge in [-0.3, -0.25) is 10.1 Å². The maximum absolute atomic E-state index is 11.2. The van der Waals surface area contributed by atoms with E-state index in [0.29, 0.717) is 12.2 Å². The van der Waals surface area contributed by atoms with Crippen LogP contribution in [0, 0.1) is 6.92 Å². The Morgan fingerprint density at radius 1 is 1.59 bits per heavy atom. The van der Waals surface area contributed by atoms with Crippen molar-refractivity contribution in [2.24, 2.45) is 0 Å². The third-order valence-corrected chi connectivity index (χ3v) is 3.91. The van der Waals surface area contributed by atoms with Crippen LogP contribution in [-0.2, 0) is 11.3 Å². The fraction of sp³-hybridized carbons (Fsp3) is 0.273. The Morgan fingerprint density at radius 3 is 2.94 bits per heavy atom. The fourth-order valence-electron chi connectivity index (χ4n) is 1.45. The molecule has 6 heteroatoms. The third kappa shape index (κ3) is 3.12. The molecule has 2 aromatic rings. The zero-order valence-corrected chi connectivity index (χ0v) is 10.8. The molecule has 0 bridgehead atoms. The van der Waals surface area contributed by atoms with Gasteiger partial charge in [0.1, 0.15) is 6.04 Å². The molecule has 0 aliphatic heterocycles. The van der Waals surface area contributed by atoms with Crippen LogP contribution in [0.2, 0.25) is 0 Å². The van der Waals surface area contributed by atoms with Gasteiger partial charge in [0.05, 0.1) is 10.7 Å². The number of rotatable bonds is 5. The second-order valence-corrected chi connectivity index (χ2v) is 5.62. The van der Waals surface area contributed by atoms with Crippen LogP contribution >= 0.6 is 22.7 Å². The van der Waals surface area contributed by atoms with Crippen LogP contribution in [0.3, 0.4) is 0 Å². The summed E-state index contributed by atoms with van der Waals surface area (Å²) in [5.74, 6) is -0.896. The molecule has 0 saturated carbocycles. The Morgan fingerprint density at radius 2 is 2.41 bits per heavy atom. The molecule has 2 N–H and O–H groups in total. The number of aliphatic carboxylic acids is 1. The second kappa shape index (κ2) is 5.39. The highest BCUT2D eigenvalue weighted by Gasteiger charge is 2.21. The number of hydrogen-bond acceptors (Lipinski definition) is 5. The first kappa shape index (κ1) is 12.2. The molecule has 0 aliphatic carbocycles. The highest BCUT2D eigenvalue weighted by atomic mass is 32.1. The van der Waals surface area contributed by atoms with Crippen molar-refractivity contribution in [3.8, 4) is 0 Å². The summed E-state index contributed by atoms with van der Waals surface area (Å²) in [7, 11) is 0. The molecule has 0 aliphatic rings. The molecule has 1 unspecified atom stereocenters. The van der Waals surface area contributed by atoms with Crippen LogP contribution in [0.4, 0.5) is 0 Å². The second-order valence-electron chi connectivity index (χ2n) is 3.52. The molecule has 0 spiro atoms. The third-order valence-electron chi connectivity index (χ3n) is 2.24. The maximum Gasteiger partial charge on any atom is 0.327 e. The molecule has 0 aromatic carbocycles. The molecule has 4 nitrogen and oxygen atoms in total. The minimum Gasteiger partial charge on any atom is -0.480 e. The van der Waals surface area contributed by atoms with E-state index in [0.717, 1.165) is 9.88 Å². The lowest BCUT2D eigenvalue weighted by molar-refractivity contribution is -0.139. The van der Waals surface area contributed by atoms with E-state index < -0.39 is 12.0 Å². The highest BCUT2D eigenvalue weighted by molar-refractivity contribution is 7.10. The topological polar surface area (TPSA) is 62.2 Å². The van der Waals surface area contributed by atoms with Crippen LogP contribution in [0.5, 0.6) is 0 Å². The summed E-state index contributed by atoms with van der Waals surface area (Å²) < 4.78 is 0. The van der Waals surface area contributed by atoms with Gasteiger partial charge in [0.15, 0.2) is 0 Å². The molecule has 90 valence electrons. The van der Waals surface area contributed by atoms with E-state index in [4.69, 9.17) is 0 Å². The van der Waals surface area contributed by atoms with Gasteiger partial charge in [-0.05, 0) is 18.4 Å². The summed E-state index contributed by atoms with van der Waals surface area (Å²) in [6, 6.07) is 3.19. The molecule has 0 radical (unpaired) electrons. The van der Waals surface area contributed by atoms with E-state index in [1.165, 1.54) is 11.3 Å². The molecule has 0 fully saturated rings. The van der Waals surface area contributed by atoms with E-state index in [-0.39, 0.29) is 0 Å². The SMILES string of the molecule is Cc1nc(C(NCc2cccs2)C(=O)O)cs1. The van der Waals surface area contributed by atoms with Crippen molar-refractivity contribution >= 4 is 28.6 Å². The lowest BCUT2D eigenvalue weighted by Crippen LogP contribution is -2.28. The summed E-state index contributed by atoms with van der Waals surface area (Å²) in [5.41, 5.74) is 0.580. The highest BCUT2D eigenvalue weighted by Crippen LogP contribution is 2.18. The quantitative estimate of drug-likeness (QED) is 0.874. The summed E-state index contributed by atoms with van der Waals surface area (Å²) in [6.45, 7) is 2.41. The Labute approximate surface area is 107 Å². The number of nitrogens with zero attached hydrogens (tertiary/aromatic N) is 1. The van der Waals surface area contributed by atoms with Crippen molar-refractivity contribution in [3.63, 3.8) is 0 Å². The largest absolute Gasteiger partial charge is 0.480 e. The minimum absolute atomic E-state index is 0.547. The number of aryl methyl sites for hydroxylation is 1. The minimum atomic E-state index is -0.896. The Hall–Kier alpha value is -1.24. The van der Waals surface area contributed by atoms with Crippen molar-refractivity contribution < 1.29 is 9.90 Å². The summed E-state index contributed by atoms with van der Waals surface area (Å²) in [6.07, 6.45) is 0. The van der Waals surface area contributed by atoms with Gasteiger partial charge in [-0.2, -0.15) is 0 Å². The Kier molecular flexibility index (Phi) is 3.88. The van der Waals surface area contributed by atoms with Crippen LogP contribution < -0.4 is 5.32 Å². The number of thiazole rings is 1. The predicted molar refractivity (Wildman–Crippen MR) is 68.4 cm³/mol. The molecule has 2 rings (SSSR count). The van der Waals surface area contributed by atoms with E-state index >= 15 is 0 Å². The van der Waals surface area contributed by atoms with Gasteiger partial charge in [-0.25, -0.2) is 4.98 Å². The lowest BCUT2D eigenvalue weighted by atomic mass is 10.2. The number of nitrogens with one attached hydrogen (secondary N) is 1. The van der Waals surface area contributed by atoms with Gasteiger partial charge in [-0.15, -0.1) is 22.7 Å². The van der Waals surface area contributed by atoms with Crippen LogP contribution in [0.25, 0.3) is 0 Å². The average Bonchev–Trinajstić information content (AvgIpc) is 2.90. The molecular weight excluding hydrogens is 256 g/mol. The van der Waals surface area contributed by atoms with Crippen LogP contribution in [0.1, 0.15) is 21.6 Å². The number of carbonyl (C=O) groups is 1. The van der Waals surface area contributed by atoms with Crippen LogP contribution in [-0.4, -0.2) is 16.1 Å². The lowest BCUT2D eigenvalue weighted by Gasteiger charge is -2.11. The number of aromatic nitrogens is 1. The molecule has 2 heterocycles. The van der Waals surface area contributed by atoms with Gasteiger partial charge in [0.25, 0.3) is 0 Å². The molecule has 1 atom stereocenters. The number of carboxylic acids is 1. The van der Waals surface area contributed by atoms with Gasteiger partial charge in [-0.1, -0.05) is 6.07 Å². The number of hydrogen-bond donors (Lipinski definition) is 2. The first-order valence-corrected chi connectivity index (χ1v) is 6.83. The summed E-state index contributed by atoms with van der Waals surface area (Å²) >= 11 is 3.07. The summed E-state index contributed by atoms with van der Waals surface area (Å²) in [4.78, 5) is 16.5. The van der Waals surface area contributed by atoms with Gasteiger partial charge in [0.2, 0.25) is 0 Å². The van der Waals surface area contributed by atoms with Crippen molar-refractivity contribution in [3.05, 3.63) is 38.5 Å². The monoisotopic (exact) mass is 268 g/mol. The maximum atomic E-state index is 11.2. The van der Waals surface area contributed by atoms with E-state index in [1.54, 1.807) is 16.7 Å². The smallest absolute Gasteiger partial charge is 0.327 e. The fourth-order valence-corrected chi connectivity index (χ4v) is 2.74. The molecule has 2 aromatic heterocycles. The first-order valence-electron chi connectivity index (χ1n) is 5.07.